The van der Waals surface area contributed by atoms with Crippen LogP contribution in [-0.4, -0.2) is 15.0 Å². The van der Waals surface area contributed by atoms with Crippen molar-refractivity contribution < 1.29 is 9.47 Å². The summed E-state index contributed by atoms with van der Waals surface area (Å²) in [5.74, 6) is 1.02. The van der Waals surface area contributed by atoms with Gasteiger partial charge < -0.3 is 9.47 Å². The van der Waals surface area contributed by atoms with E-state index < -0.39 is 0 Å². The molecule has 0 aliphatic carbocycles. The molecule has 3 aromatic rings. The molecule has 0 fully saturated rings. The average molecular weight is 369 g/mol. The third-order valence-electron chi connectivity index (χ3n) is 2.61. The van der Waals surface area contributed by atoms with Crippen molar-refractivity contribution in [3.63, 3.8) is 0 Å². The first-order valence-corrected chi connectivity index (χ1v) is 7.50. The summed E-state index contributed by atoms with van der Waals surface area (Å²) in [5.41, 5.74) is 0. The highest BCUT2D eigenvalue weighted by molar-refractivity contribution is 6.30. The van der Waals surface area contributed by atoms with Crippen LogP contribution in [0.15, 0.2) is 48.5 Å². The molecule has 0 amide bonds. The number of rotatable bonds is 4. The number of aromatic nitrogens is 3. The number of hydrogen-bond acceptors (Lipinski definition) is 5. The van der Waals surface area contributed by atoms with Crippen LogP contribution >= 0.6 is 34.8 Å². The zero-order valence-corrected chi connectivity index (χ0v) is 13.7. The highest BCUT2D eigenvalue weighted by Crippen LogP contribution is 2.25. The topological polar surface area (TPSA) is 57.1 Å². The van der Waals surface area contributed by atoms with E-state index in [9.17, 15) is 0 Å². The molecule has 0 saturated carbocycles. The molecule has 0 spiro atoms. The van der Waals surface area contributed by atoms with Crippen molar-refractivity contribution in [2.24, 2.45) is 0 Å². The van der Waals surface area contributed by atoms with Gasteiger partial charge in [-0.3, -0.25) is 0 Å². The Kier molecular flexibility index (Phi) is 4.81. The SMILES string of the molecule is Clc1ccc(Oc2nc(Cl)nc(Oc3ccc(Cl)cc3)n2)cc1. The van der Waals surface area contributed by atoms with E-state index in [2.05, 4.69) is 15.0 Å². The molecule has 0 atom stereocenters. The summed E-state index contributed by atoms with van der Waals surface area (Å²) in [5, 5.41) is 1.14. The molecule has 5 nitrogen and oxygen atoms in total. The minimum Gasteiger partial charge on any atom is -0.424 e. The van der Waals surface area contributed by atoms with Crippen LogP contribution in [-0.2, 0) is 0 Å². The third kappa shape index (κ3) is 4.45. The molecular weight excluding hydrogens is 361 g/mol. The van der Waals surface area contributed by atoms with Gasteiger partial charge in [0.2, 0.25) is 5.28 Å². The molecule has 8 heteroatoms. The van der Waals surface area contributed by atoms with Crippen molar-refractivity contribution in [3.8, 4) is 23.5 Å². The van der Waals surface area contributed by atoms with Crippen molar-refractivity contribution in [2.75, 3.05) is 0 Å². The van der Waals surface area contributed by atoms with Crippen LogP contribution in [0.4, 0.5) is 0 Å². The van der Waals surface area contributed by atoms with E-state index in [0.29, 0.717) is 21.5 Å². The Morgan fingerprint density at radius 3 is 1.35 bits per heavy atom. The van der Waals surface area contributed by atoms with Gasteiger partial charge in [0.05, 0.1) is 0 Å². The average Bonchev–Trinajstić information content (AvgIpc) is 2.51. The summed E-state index contributed by atoms with van der Waals surface area (Å²) in [6, 6.07) is 13.5. The van der Waals surface area contributed by atoms with E-state index in [1.54, 1.807) is 48.5 Å². The largest absolute Gasteiger partial charge is 0.424 e. The van der Waals surface area contributed by atoms with Crippen LogP contribution in [0.1, 0.15) is 0 Å². The summed E-state index contributed by atoms with van der Waals surface area (Å²) in [4.78, 5) is 11.8. The number of nitrogens with zero attached hydrogens (tertiary/aromatic N) is 3. The van der Waals surface area contributed by atoms with Crippen LogP contribution in [0.5, 0.6) is 23.5 Å². The quantitative estimate of drug-likeness (QED) is 0.615. The molecule has 2 aromatic carbocycles. The maximum atomic E-state index is 5.87. The van der Waals surface area contributed by atoms with E-state index in [0.717, 1.165) is 0 Å². The van der Waals surface area contributed by atoms with Gasteiger partial charge in [-0.15, -0.1) is 4.98 Å². The van der Waals surface area contributed by atoms with Crippen LogP contribution in [0, 0.1) is 0 Å². The predicted octanol–water partition coefficient (Wildman–Crippen LogP) is 5.42. The maximum Gasteiger partial charge on any atom is 0.329 e. The zero-order valence-electron chi connectivity index (χ0n) is 11.4. The third-order valence-corrected chi connectivity index (χ3v) is 3.29. The molecule has 0 radical (unpaired) electrons. The lowest BCUT2D eigenvalue weighted by Crippen LogP contribution is -1.98. The Morgan fingerprint density at radius 1 is 0.565 bits per heavy atom. The van der Waals surface area contributed by atoms with Crippen molar-refractivity contribution in [1.82, 2.24) is 15.0 Å². The van der Waals surface area contributed by atoms with Crippen LogP contribution in [0.3, 0.4) is 0 Å². The monoisotopic (exact) mass is 367 g/mol. The van der Waals surface area contributed by atoms with Gasteiger partial charge in [0, 0.05) is 10.0 Å². The maximum absolute atomic E-state index is 5.87. The van der Waals surface area contributed by atoms with Gasteiger partial charge >= 0.3 is 12.0 Å². The minimum absolute atomic E-state index is 0.0104. The summed E-state index contributed by atoms with van der Waals surface area (Å²) in [6.45, 7) is 0. The van der Waals surface area contributed by atoms with Crippen molar-refractivity contribution in [1.29, 1.82) is 0 Å². The first-order valence-electron chi connectivity index (χ1n) is 6.37. The van der Waals surface area contributed by atoms with E-state index in [1.807, 2.05) is 0 Å². The molecule has 3 rings (SSSR count). The lowest BCUT2D eigenvalue weighted by Gasteiger charge is -2.07. The van der Waals surface area contributed by atoms with Crippen LogP contribution in [0.25, 0.3) is 0 Å². The van der Waals surface area contributed by atoms with Gasteiger partial charge in [-0.1, -0.05) is 23.2 Å². The van der Waals surface area contributed by atoms with Crippen LogP contribution < -0.4 is 9.47 Å². The zero-order chi connectivity index (χ0) is 16.2. The van der Waals surface area contributed by atoms with Crippen molar-refractivity contribution >= 4 is 34.8 Å². The van der Waals surface area contributed by atoms with Crippen molar-refractivity contribution in [2.45, 2.75) is 0 Å². The molecule has 0 N–H and O–H groups in total. The van der Waals surface area contributed by atoms with Gasteiger partial charge in [-0.05, 0) is 60.1 Å². The Balaban J connectivity index is 1.81. The fraction of sp³-hybridized carbons (Fsp3) is 0. The molecule has 1 heterocycles. The lowest BCUT2D eigenvalue weighted by molar-refractivity contribution is 0.397. The molecule has 23 heavy (non-hydrogen) atoms. The standard InChI is InChI=1S/C15H8Cl3N3O2/c16-9-1-5-11(6-2-9)22-14-19-13(18)20-15(21-14)23-12-7-3-10(17)4-8-12/h1-8H. The van der Waals surface area contributed by atoms with Gasteiger partial charge in [0.25, 0.3) is 0 Å². The molecule has 0 unspecified atom stereocenters. The first-order chi connectivity index (χ1) is 11.1. The van der Waals surface area contributed by atoms with Gasteiger partial charge in [0.15, 0.2) is 0 Å². The van der Waals surface area contributed by atoms with Gasteiger partial charge in [-0.25, -0.2) is 0 Å². The Bertz CT molecular complexity index is 745. The second kappa shape index (κ2) is 7.00. The predicted molar refractivity (Wildman–Crippen MR) is 87.9 cm³/mol. The smallest absolute Gasteiger partial charge is 0.329 e. The van der Waals surface area contributed by atoms with Crippen molar-refractivity contribution in [3.05, 3.63) is 63.9 Å². The number of halogens is 3. The molecule has 0 aliphatic rings. The molecule has 1 aromatic heterocycles. The molecule has 0 saturated heterocycles. The number of ether oxygens (including phenoxy) is 2. The van der Waals surface area contributed by atoms with E-state index >= 15 is 0 Å². The van der Waals surface area contributed by atoms with E-state index in [-0.39, 0.29) is 17.3 Å². The summed E-state index contributed by atoms with van der Waals surface area (Å²) >= 11 is 17.5. The Labute approximate surface area is 146 Å². The minimum atomic E-state index is -0.0482. The summed E-state index contributed by atoms with van der Waals surface area (Å²) in [7, 11) is 0. The Morgan fingerprint density at radius 2 is 0.957 bits per heavy atom. The van der Waals surface area contributed by atoms with E-state index in [1.165, 1.54) is 0 Å². The molecule has 116 valence electrons. The number of hydrogen-bond donors (Lipinski definition) is 0. The van der Waals surface area contributed by atoms with Crippen LogP contribution in [0.2, 0.25) is 15.3 Å². The fourth-order valence-corrected chi connectivity index (χ4v) is 2.02. The summed E-state index contributed by atoms with van der Waals surface area (Å²) < 4.78 is 11.0. The fourth-order valence-electron chi connectivity index (χ4n) is 1.62. The second-order valence-electron chi connectivity index (χ2n) is 4.28. The normalized spacial score (nSPS) is 10.4. The number of benzene rings is 2. The summed E-state index contributed by atoms with van der Waals surface area (Å²) in [6.07, 6.45) is 0. The lowest BCUT2D eigenvalue weighted by atomic mass is 10.3. The highest BCUT2D eigenvalue weighted by Gasteiger charge is 2.09. The molecule has 0 bridgehead atoms. The second-order valence-corrected chi connectivity index (χ2v) is 5.49. The Hall–Kier alpha value is -2.08. The first kappa shape index (κ1) is 15.8. The van der Waals surface area contributed by atoms with Gasteiger partial charge in [-0.2, -0.15) is 9.97 Å². The van der Waals surface area contributed by atoms with E-state index in [4.69, 9.17) is 44.3 Å². The highest BCUT2D eigenvalue weighted by atomic mass is 35.5. The molecule has 0 aliphatic heterocycles. The molecular formula is C15H8Cl3N3O2. The van der Waals surface area contributed by atoms with Gasteiger partial charge in [0.1, 0.15) is 11.5 Å².